The van der Waals surface area contributed by atoms with E-state index in [1.165, 1.54) is 0 Å². The maximum Gasteiger partial charge on any atom is 0.134 e. The van der Waals surface area contributed by atoms with Crippen LogP contribution in [-0.4, -0.2) is 45.8 Å². The first-order valence-corrected chi connectivity index (χ1v) is 6.81. The van der Waals surface area contributed by atoms with Crippen LogP contribution in [0.2, 0.25) is 0 Å². The van der Waals surface area contributed by atoms with Gasteiger partial charge in [-0.1, -0.05) is 15.9 Å². The summed E-state index contributed by atoms with van der Waals surface area (Å²) in [5.41, 5.74) is -0.586. The molecule has 0 heterocycles. The van der Waals surface area contributed by atoms with Crippen molar-refractivity contribution in [3.63, 3.8) is 0 Å². The van der Waals surface area contributed by atoms with E-state index < -0.39 is 25.4 Å². The maximum absolute atomic E-state index is 9.84. The van der Waals surface area contributed by atoms with Crippen molar-refractivity contribution in [2.24, 2.45) is 0 Å². The molecule has 102 valence electrons. The van der Waals surface area contributed by atoms with Crippen LogP contribution in [0.3, 0.4) is 0 Å². The number of hydrogen-bond acceptors (Lipinski definition) is 5. The lowest BCUT2D eigenvalue weighted by molar-refractivity contribution is 0.0412. The van der Waals surface area contributed by atoms with Gasteiger partial charge in [-0.05, 0) is 28.1 Å². The number of aliphatic hydroxyl groups excluding tert-OH is 3. The Bertz CT molecular complexity index is 402. The number of benzene rings is 1. The van der Waals surface area contributed by atoms with Crippen molar-refractivity contribution in [3.8, 4) is 5.75 Å². The second-order valence-electron chi connectivity index (χ2n) is 4.00. The highest BCUT2D eigenvalue weighted by atomic mass is 79.9. The molecule has 1 rings (SSSR count). The third-order valence-corrected chi connectivity index (χ3v) is 3.73. The highest BCUT2D eigenvalue weighted by molar-refractivity contribution is 9.11. The zero-order valence-corrected chi connectivity index (χ0v) is 12.7. The van der Waals surface area contributed by atoms with Crippen LogP contribution in [0.15, 0.2) is 21.1 Å². The molecule has 0 aliphatic rings. The number of hydrogen-bond donors (Lipinski definition) is 5. The average molecular weight is 385 g/mol. The molecule has 0 aromatic heterocycles. The van der Waals surface area contributed by atoms with Crippen LogP contribution in [-0.2, 0) is 6.54 Å². The van der Waals surface area contributed by atoms with Crippen LogP contribution in [0.1, 0.15) is 5.56 Å². The predicted molar refractivity (Wildman–Crippen MR) is 74.3 cm³/mol. The van der Waals surface area contributed by atoms with Crippen molar-refractivity contribution in [1.82, 2.24) is 5.32 Å². The second-order valence-corrected chi connectivity index (χ2v) is 5.77. The predicted octanol–water partition coefficient (Wildman–Crippen LogP) is 0.723. The summed E-state index contributed by atoms with van der Waals surface area (Å²) < 4.78 is 1.32. The van der Waals surface area contributed by atoms with Crippen molar-refractivity contribution in [2.75, 3.05) is 19.8 Å². The van der Waals surface area contributed by atoms with E-state index in [2.05, 4.69) is 37.2 Å². The van der Waals surface area contributed by atoms with Crippen LogP contribution >= 0.6 is 31.9 Å². The van der Waals surface area contributed by atoms with Crippen molar-refractivity contribution in [1.29, 1.82) is 0 Å². The van der Waals surface area contributed by atoms with Crippen LogP contribution < -0.4 is 5.32 Å². The van der Waals surface area contributed by atoms with E-state index in [1.54, 1.807) is 12.1 Å². The quantitative estimate of drug-likeness (QED) is 0.498. The van der Waals surface area contributed by atoms with Crippen molar-refractivity contribution in [2.45, 2.75) is 12.1 Å². The Morgan fingerprint density at radius 2 is 1.61 bits per heavy atom. The third-order valence-electron chi connectivity index (χ3n) is 2.67. The lowest BCUT2D eigenvalue weighted by Gasteiger charge is -2.29. The van der Waals surface area contributed by atoms with Gasteiger partial charge in [0.15, 0.2) is 0 Å². The molecule has 0 saturated carbocycles. The molecule has 5 nitrogen and oxygen atoms in total. The molecule has 0 aliphatic heterocycles. The molecule has 7 heteroatoms. The van der Waals surface area contributed by atoms with Gasteiger partial charge >= 0.3 is 0 Å². The zero-order chi connectivity index (χ0) is 13.8. The number of aromatic hydroxyl groups is 1. The summed E-state index contributed by atoms with van der Waals surface area (Å²) in [6.45, 7) is -1.02. The molecule has 0 saturated heterocycles. The fourth-order valence-electron chi connectivity index (χ4n) is 1.35. The summed E-state index contributed by atoms with van der Waals surface area (Å²) in [7, 11) is 0. The Kier molecular flexibility index (Phi) is 6.03. The van der Waals surface area contributed by atoms with Crippen molar-refractivity contribution < 1.29 is 20.4 Å². The number of aliphatic hydroxyl groups is 3. The summed E-state index contributed by atoms with van der Waals surface area (Å²) in [5, 5.41) is 40.2. The Labute approximate surface area is 122 Å². The number of phenolic OH excluding ortho intramolecular Hbond substituents is 1. The van der Waals surface area contributed by atoms with Gasteiger partial charge in [-0.25, -0.2) is 0 Å². The van der Waals surface area contributed by atoms with Crippen LogP contribution in [0.25, 0.3) is 0 Å². The summed E-state index contributed by atoms with van der Waals surface area (Å²) in [5.74, 6) is 0.0772. The monoisotopic (exact) mass is 383 g/mol. The van der Waals surface area contributed by atoms with E-state index in [4.69, 9.17) is 15.3 Å². The first-order chi connectivity index (χ1) is 8.48. The lowest BCUT2D eigenvalue weighted by atomic mass is 10.0. The van der Waals surface area contributed by atoms with E-state index in [0.29, 0.717) is 10.0 Å². The minimum absolute atomic E-state index is 0.0772. The van der Waals surface area contributed by atoms with Gasteiger partial charge in [-0.2, -0.15) is 0 Å². The van der Waals surface area contributed by atoms with Crippen molar-refractivity contribution in [3.05, 3.63) is 26.6 Å². The van der Waals surface area contributed by atoms with Crippen molar-refractivity contribution >= 4 is 31.9 Å². The molecule has 0 radical (unpaired) electrons. The minimum atomic E-state index is -1.17. The molecule has 0 spiro atoms. The fraction of sp³-hybridized carbons (Fsp3) is 0.455. The van der Waals surface area contributed by atoms with Gasteiger partial charge < -0.3 is 25.7 Å². The van der Waals surface area contributed by atoms with Gasteiger partial charge in [0.25, 0.3) is 0 Å². The van der Waals surface area contributed by atoms with E-state index in [9.17, 15) is 5.11 Å². The van der Waals surface area contributed by atoms with E-state index in [1.807, 2.05) is 0 Å². The number of rotatable bonds is 6. The molecule has 1 aromatic rings. The number of nitrogens with one attached hydrogen (secondary N) is 1. The normalized spacial score (nSPS) is 11.8. The first-order valence-electron chi connectivity index (χ1n) is 5.22. The van der Waals surface area contributed by atoms with Gasteiger partial charge in [0.2, 0.25) is 0 Å². The Morgan fingerprint density at radius 3 is 2.11 bits per heavy atom. The topological polar surface area (TPSA) is 93.0 Å². The molecular weight excluding hydrogens is 370 g/mol. The van der Waals surface area contributed by atoms with Crippen LogP contribution in [0.4, 0.5) is 0 Å². The molecule has 18 heavy (non-hydrogen) atoms. The second kappa shape index (κ2) is 6.83. The molecular formula is C11H15Br2NO4. The fourth-order valence-corrected chi connectivity index (χ4v) is 2.67. The molecule has 5 N–H and O–H groups in total. The summed E-state index contributed by atoms with van der Waals surface area (Å²) in [6, 6.07) is 3.42. The molecule has 1 aromatic carbocycles. The molecule has 0 aliphatic carbocycles. The highest BCUT2D eigenvalue weighted by Gasteiger charge is 2.27. The van der Waals surface area contributed by atoms with Gasteiger partial charge in [0.1, 0.15) is 5.75 Å². The molecule has 0 amide bonds. The molecule has 0 unspecified atom stereocenters. The van der Waals surface area contributed by atoms with E-state index in [-0.39, 0.29) is 12.3 Å². The highest BCUT2D eigenvalue weighted by Crippen LogP contribution is 2.31. The van der Waals surface area contributed by atoms with E-state index in [0.717, 1.165) is 4.47 Å². The largest absolute Gasteiger partial charge is 0.506 e. The summed E-state index contributed by atoms with van der Waals surface area (Å²) in [4.78, 5) is 0. The number of halogens is 2. The maximum atomic E-state index is 9.84. The Hall–Kier alpha value is -0.180. The molecule has 0 atom stereocenters. The average Bonchev–Trinajstić information content (AvgIpc) is 2.37. The lowest BCUT2D eigenvalue weighted by Crippen LogP contribution is -2.54. The summed E-state index contributed by atoms with van der Waals surface area (Å²) in [6.07, 6.45) is 0. The Balaban J connectivity index is 2.86. The smallest absolute Gasteiger partial charge is 0.134 e. The van der Waals surface area contributed by atoms with Gasteiger partial charge in [-0.15, -0.1) is 0 Å². The number of phenols is 1. The summed E-state index contributed by atoms with van der Waals surface area (Å²) >= 11 is 6.51. The molecule has 0 bridgehead atoms. The zero-order valence-electron chi connectivity index (χ0n) is 9.53. The van der Waals surface area contributed by atoms with E-state index >= 15 is 0 Å². The van der Waals surface area contributed by atoms with Gasteiger partial charge in [0, 0.05) is 16.6 Å². The molecule has 0 fully saturated rings. The van der Waals surface area contributed by atoms with Crippen LogP contribution in [0, 0.1) is 0 Å². The standard InChI is InChI=1S/C11H15Br2NO4/c12-8-1-7(10(18)9(13)2-8)3-14-11(4-15,5-16)6-17/h1-2,14-18H,3-6H2. The van der Waals surface area contributed by atoms with Crippen LogP contribution in [0.5, 0.6) is 5.75 Å². The van der Waals surface area contributed by atoms with Gasteiger partial charge in [0.05, 0.1) is 29.8 Å². The minimum Gasteiger partial charge on any atom is -0.506 e. The Morgan fingerprint density at radius 1 is 1.06 bits per heavy atom. The first kappa shape index (κ1) is 15.9. The third kappa shape index (κ3) is 3.66. The van der Waals surface area contributed by atoms with Gasteiger partial charge in [-0.3, -0.25) is 0 Å². The SMILES string of the molecule is OCC(CO)(CO)NCc1cc(Br)cc(Br)c1O.